The highest BCUT2D eigenvalue weighted by Gasteiger charge is 2.12. The highest BCUT2D eigenvalue weighted by molar-refractivity contribution is 7.92. The van der Waals surface area contributed by atoms with Crippen molar-refractivity contribution in [2.45, 2.75) is 13.5 Å². The van der Waals surface area contributed by atoms with Crippen molar-refractivity contribution in [3.8, 4) is 0 Å². The molecule has 0 aromatic carbocycles. The second-order valence-corrected chi connectivity index (χ2v) is 5.40. The molecule has 0 atom stereocenters. The Morgan fingerprint density at radius 1 is 1.73 bits per heavy atom. The standard InChI is InChI=1S/C7H12N4O2S2/c1-5-6(2-9-11-5)3-10-15(12,13)4-7(8)14/h2,10H,3-4H2,1H3,(H2,8,14)(H,9,11). The second kappa shape index (κ2) is 4.69. The maximum atomic E-state index is 11.3. The van der Waals surface area contributed by atoms with Crippen molar-refractivity contribution < 1.29 is 8.42 Å². The lowest BCUT2D eigenvalue weighted by molar-refractivity contribution is 0.585. The number of hydrogen-bond donors (Lipinski definition) is 3. The van der Waals surface area contributed by atoms with E-state index in [1.165, 1.54) is 0 Å². The number of hydrogen-bond acceptors (Lipinski definition) is 4. The second-order valence-electron chi connectivity index (χ2n) is 3.07. The average molecular weight is 248 g/mol. The van der Waals surface area contributed by atoms with Gasteiger partial charge in [-0.05, 0) is 6.92 Å². The normalized spacial score (nSPS) is 11.5. The van der Waals surface area contributed by atoms with Crippen LogP contribution in [0.15, 0.2) is 6.20 Å². The molecule has 0 spiro atoms. The van der Waals surface area contributed by atoms with Crippen molar-refractivity contribution in [3.05, 3.63) is 17.5 Å². The number of nitrogens with zero attached hydrogens (tertiary/aromatic N) is 1. The number of nitrogens with two attached hydrogens (primary N) is 1. The van der Waals surface area contributed by atoms with Gasteiger partial charge in [-0.2, -0.15) is 5.10 Å². The van der Waals surface area contributed by atoms with Crippen LogP contribution in [0, 0.1) is 6.92 Å². The number of aromatic amines is 1. The largest absolute Gasteiger partial charge is 0.392 e. The Balaban J connectivity index is 2.58. The molecule has 0 radical (unpaired) electrons. The van der Waals surface area contributed by atoms with Crippen LogP contribution < -0.4 is 10.5 Å². The van der Waals surface area contributed by atoms with Crippen LogP contribution in [-0.4, -0.2) is 29.4 Å². The van der Waals surface area contributed by atoms with E-state index >= 15 is 0 Å². The minimum absolute atomic E-state index is 0.0496. The molecule has 0 aliphatic carbocycles. The summed E-state index contributed by atoms with van der Waals surface area (Å²) in [6, 6.07) is 0. The molecule has 0 amide bonds. The summed E-state index contributed by atoms with van der Waals surface area (Å²) in [5, 5.41) is 6.48. The molecule has 1 heterocycles. The SMILES string of the molecule is Cc1[nH]ncc1CNS(=O)(=O)CC(N)=S. The van der Waals surface area contributed by atoms with Crippen LogP contribution in [0.5, 0.6) is 0 Å². The van der Waals surface area contributed by atoms with Crippen molar-refractivity contribution >= 4 is 27.2 Å². The van der Waals surface area contributed by atoms with E-state index in [2.05, 4.69) is 27.1 Å². The molecule has 0 fully saturated rings. The van der Waals surface area contributed by atoms with E-state index in [1.54, 1.807) is 6.20 Å². The molecule has 0 saturated carbocycles. The van der Waals surface area contributed by atoms with E-state index in [0.717, 1.165) is 11.3 Å². The Kier molecular flexibility index (Phi) is 3.77. The van der Waals surface area contributed by atoms with Gasteiger partial charge in [0.25, 0.3) is 0 Å². The smallest absolute Gasteiger partial charge is 0.218 e. The first-order valence-corrected chi connectivity index (χ1v) is 6.21. The van der Waals surface area contributed by atoms with Gasteiger partial charge in [0, 0.05) is 17.8 Å². The molecule has 1 aromatic heterocycles. The van der Waals surface area contributed by atoms with Crippen LogP contribution in [0.4, 0.5) is 0 Å². The van der Waals surface area contributed by atoms with E-state index < -0.39 is 10.0 Å². The summed E-state index contributed by atoms with van der Waals surface area (Å²) in [5.41, 5.74) is 6.77. The molecule has 84 valence electrons. The minimum Gasteiger partial charge on any atom is -0.392 e. The first-order chi connectivity index (χ1) is 6.91. The molecule has 1 aromatic rings. The van der Waals surface area contributed by atoms with E-state index in [-0.39, 0.29) is 17.3 Å². The minimum atomic E-state index is -3.43. The van der Waals surface area contributed by atoms with Gasteiger partial charge < -0.3 is 5.73 Å². The molecule has 6 nitrogen and oxygen atoms in total. The monoisotopic (exact) mass is 248 g/mol. The molecule has 15 heavy (non-hydrogen) atoms. The molecule has 8 heteroatoms. The van der Waals surface area contributed by atoms with Crippen LogP contribution >= 0.6 is 12.2 Å². The van der Waals surface area contributed by atoms with Crippen LogP contribution in [0.25, 0.3) is 0 Å². The first-order valence-electron chi connectivity index (χ1n) is 4.15. The van der Waals surface area contributed by atoms with Crippen molar-refractivity contribution in [3.63, 3.8) is 0 Å². The zero-order valence-electron chi connectivity index (χ0n) is 8.15. The Labute approximate surface area is 93.3 Å². The van der Waals surface area contributed by atoms with Gasteiger partial charge in [0.15, 0.2) is 0 Å². The summed E-state index contributed by atoms with van der Waals surface area (Å²) >= 11 is 4.52. The lowest BCUT2D eigenvalue weighted by Crippen LogP contribution is -2.32. The van der Waals surface area contributed by atoms with Crippen LogP contribution in [0.1, 0.15) is 11.3 Å². The summed E-state index contributed by atoms with van der Waals surface area (Å²) in [4.78, 5) is -0.0496. The summed E-state index contributed by atoms with van der Waals surface area (Å²) in [5.74, 6) is -0.334. The molecule has 0 bridgehead atoms. The van der Waals surface area contributed by atoms with Gasteiger partial charge in [0.1, 0.15) is 5.75 Å². The highest BCUT2D eigenvalue weighted by atomic mass is 32.2. The summed E-state index contributed by atoms with van der Waals surface area (Å²) in [6.45, 7) is 2.00. The fourth-order valence-corrected chi connectivity index (χ4v) is 2.30. The third-order valence-corrected chi connectivity index (χ3v) is 3.35. The topological polar surface area (TPSA) is 101 Å². The number of thiocarbonyl (C=S) groups is 1. The zero-order valence-corrected chi connectivity index (χ0v) is 9.78. The Bertz CT molecular complexity index is 451. The van der Waals surface area contributed by atoms with Gasteiger partial charge in [0.05, 0.1) is 11.2 Å². The van der Waals surface area contributed by atoms with Crippen LogP contribution in [0.2, 0.25) is 0 Å². The Hall–Kier alpha value is -0.990. The zero-order chi connectivity index (χ0) is 11.5. The predicted molar refractivity (Wildman–Crippen MR) is 60.7 cm³/mol. The fourth-order valence-electron chi connectivity index (χ4n) is 0.980. The molecule has 0 unspecified atom stereocenters. The van der Waals surface area contributed by atoms with Gasteiger partial charge in [-0.3, -0.25) is 5.10 Å². The van der Waals surface area contributed by atoms with E-state index in [0.29, 0.717) is 0 Å². The number of aromatic nitrogens is 2. The molecule has 0 saturated heterocycles. The van der Waals surface area contributed by atoms with E-state index in [9.17, 15) is 8.42 Å². The first kappa shape index (κ1) is 12.1. The van der Waals surface area contributed by atoms with Gasteiger partial charge in [-0.25, -0.2) is 13.1 Å². The lowest BCUT2D eigenvalue weighted by atomic mass is 10.3. The molecular formula is C7H12N4O2S2. The number of rotatable bonds is 5. The number of nitrogens with one attached hydrogen (secondary N) is 2. The molecule has 0 aliphatic rings. The third-order valence-electron chi connectivity index (χ3n) is 1.75. The van der Waals surface area contributed by atoms with Gasteiger partial charge in [0.2, 0.25) is 10.0 Å². The van der Waals surface area contributed by atoms with Crippen LogP contribution in [0.3, 0.4) is 0 Å². The summed E-state index contributed by atoms with van der Waals surface area (Å²) in [7, 11) is -3.43. The predicted octanol–water partition coefficient (Wildman–Crippen LogP) is -0.576. The maximum Gasteiger partial charge on any atom is 0.218 e. The van der Waals surface area contributed by atoms with Crippen molar-refractivity contribution in [2.24, 2.45) is 5.73 Å². The average Bonchev–Trinajstić information content (AvgIpc) is 2.45. The van der Waals surface area contributed by atoms with Gasteiger partial charge in [-0.15, -0.1) is 0 Å². The number of aryl methyl sites for hydroxylation is 1. The maximum absolute atomic E-state index is 11.3. The quantitative estimate of drug-likeness (QED) is 0.605. The van der Waals surface area contributed by atoms with Crippen molar-refractivity contribution in [2.75, 3.05) is 5.75 Å². The van der Waals surface area contributed by atoms with Gasteiger partial charge >= 0.3 is 0 Å². The molecule has 1 rings (SSSR count). The summed E-state index contributed by atoms with van der Waals surface area (Å²) < 4.78 is 25.1. The number of H-pyrrole nitrogens is 1. The van der Waals surface area contributed by atoms with E-state index in [4.69, 9.17) is 5.73 Å². The third kappa shape index (κ3) is 3.94. The van der Waals surface area contributed by atoms with Crippen molar-refractivity contribution in [1.82, 2.24) is 14.9 Å². The molecule has 0 aliphatic heterocycles. The van der Waals surface area contributed by atoms with Crippen LogP contribution in [-0.2, 0) is 16.6 Å². The van der Waals surface area contributed by atoms with Crippen molar-refractivity contribution in [1.29, 1.82) is 0 Å². The Morgan fingerprint density at radius 2 is 2.40 bits per heavy atom. The van der Waals surface area contributed by atoms with E-state index in [1.807, 2.05) is 6.92 Å². The molecule has 4 N–H and O–H groups in total. The number of sulfonamides is 1. The Morgan fingerprint density at radius 3 is 2.87 bits per heavy atom. The van der Waals surface area contributed by atoms with Gasteiger partial charge in [-0.1, -0.05) is 12.2 Å². The highest BCUT2D eigenvalue weighted by Crippen LogP contribution is 2.02. The molecular weight excluding hydrogens is 236 g/mol. The lowest BCUT2D eigenvalue weighted by Gasteiger charge is -2.04. The fraction of sp³-hybridized carbons (Fsp3) is 0.429. The summed E-state index contributed by atoms with van der Waals surface area (Å²) in [6.07, 6.45) is 1.57.